The standard InChI is InChI=1S/C16H18FN3O5S/c1-23-14-4-3-12(9-13(14)17)26(21,22)20-8-5-11(10-20)25-16-15(24-2)18-6-7-19-16/h3-4,6-7,9,11H,5,8,10H2,1-2H3/t11-/m0/s1. The van der Waals surface area contributed by atoms with Crippen molar-refractivity contribution >= 4 is 10.0 Å². The molecule has 8 nitrogen and oxygen atoms in total. The lowest BCUT2D eigenvalue weighted by Gasteiger charge is -2.17. The second-order valence-electron chi connectivity index (χ2n) is 5.56. The highest BCUT2D eigenvalue weighted by atomic mass is 32.2. The molecular weight excluding hydrogens is 365 g/mol. The summed E-state index contributed by atoms with van der Waals surface area (Å²) in [7, 11) is -1.08. The summed E-state index contributed by atoms with van der Waals surface area (Å²) < 4.78 is 56.1. The zero-order valence-electron chi connectivity index (χ0n) is 14.3. The van der Waals surface area contributed by atoms with Crippen molar-refractivity contribution < 1.29 is 27.0 Å². The van der Waals surface area contributed by atoms with E-state index in [0.717, 1.165) is 6.07 Å². The van der Waals surface area contributed by atoms with E-state index in [1.807, 2.05) is 0 Å². The number of sulfonamides is 1. The topological polar surface area (TPSA) is 90.9 Å². The first-order chi connectivity index (χ1) is 12.5. The van der Waals surface area contributed by atoms with E-state index in [1.165, 1.54) is 43.1 Å². The van der Waals surface area contributed by atoms with Crippen LogP contribution in [0.2, 0.25) is 0 Å². The Kier molecular flexibility index (Phi) is 5.23. The molecule has 0 saturated carbocycles. The molecule has 1 saturated heterocycles. The van der Waals surface area contributed by atoms with Crippen LogP contribution in [-0.4, -0.2) is 56.1 Å². The van der Waals surface area contributed by atoms with Crippen LogP contribution in [0.15, 0.2) is 35.5 Å². The highest BCUT2D eigenvalue weighted by Crippen LogP contribution is 2.28. The van der Waals surface area contributed by atoms with E-state index in [1.54, 1.807) is 0 Å². The first kappa shape index (κ1) is 18.3. The number of nitrogens with zero attached hydrogens (tertiary/aromatic N) is 3. The Morgan fingerprint density at radius 2 is 1.88 bits per heavy atom. The van der Waals surface area contributed by atoms with Gasteiger partial charge in [-0.25, -0.2) is 22.8 Å². The molecule has 1 atom stereocenters. The molecule has 1 aromatic heterocycles. The van der Waals surface area contributed by atoms with Gasteiger partial charge in [-0.1, -0.05) is 0 Å². The third kappa shape index (κ3) is 3.56. The zero-order chi connectivity index (χ0) is 18.7. The molecule has 1 aliphatic heterocycles. The molecule has 26 heavy (non-hydrogen) atoms. The van der Waals surface area contributed by atoms with Crippen molar-refractivity contribution in [3.63, 3.8) is 0 Å². The number of benzene rings is 1. The van der Waals surface area contributed by atoms with Crippen molar-refractivity contribution in [2.45, 2.75) is 17.4 Å². The summed E-state index contributed by atoms with van der Waals surface area (Å²) >= 11 is 0. The molecule has 0 aliphatic carbocycles. The van der Waals surface area contributed by atoms with Crippen LogP contribution in [-0.2, 0) is 10.0 Å². The molecule has 2 heterocycles. The van der Waals surface area contributed by atoms with Crippen molar-refractivity contribution in [1.29, 1.82) is 0 Å². The second kappa shape index (κ2) is 7.42. The summed E-state index contributed by atoms with van der Waals surface area (Å²) in [5.74, 6) is -0.313. The van der Waals surface area contributed by atoms with Gasteiger partial charge in [0.25, 0.3) is 11.8 Å². The van der Waals surface area contributed by atoms with Crippen LogP contribution in [0.4, 0.5) is 4.39 Å². The number of rotatable bonds is 6. The van der Waals surface area contributed by atoms with Gasteiger partial charge in [0, 0.05) is 18.9 Å². The molecule has 0 unspecified atom stereocenters. The average Bonchev–Trinajstić information content (AvgIpc) is 3.11. The fourth-order valence-corrected chi connectivity index (χ4v) is 4.16. The highest BCUT2D eigenvalue weighted by Gasteiger charge is 2.34. The molecule has 1 aliphatic rings. The molecule has 2 aromatic rings. The minimum Gasteiger partial charge on any atom is -0.494 e. The maximum atomic E-state index is 13.9. The molecule has 3 rings (SSSR count). The van der Waals surface area contributed by atoms with Crippen molar-refractivity contribution in [3.05, 3.63) is 36.4 Å². The second-order valence-corrected chi connectivity index (χ2v) is 7.50. The Balaban J connectivity index is 1.74. The first-order valence-electron chi connectivity index (χ1n) is 7.81. The molecule has 1 fully saturated rings. The Hall–Kier alpha value is -2.46. The Morgan fingerprint density at radius 3 is 2.54 bits per heavy atom. The van der Waals surface area contributed by atoms with E-state index in [0.29, 0.717) is 6.42 Å². The number of methoxy groups -OCH3 is 2. The lowest BCUT2D eigenvalue weighted by Crippen LogP contribution is -2.31. The third-order valence-corrected chi connectivity index (χ3v) is 5.83. The van der Waals surface area contributed by atoms with Crippen LogP contribution in [0.1, 0.15) is 6.42 Å². The van der Waals surface area contributed by atoms with Crippen LogP contribution in [0.25, 0.3) is 0 Å². The van der Waals surface area contributed by atoms with E-state index in [-0.39, 0.29) is 35.5 Å². The minimum atomic E-state index is -3.84. The summed E-state index contributed by atoms with van der Waals surface area (Å²) in [6.45, 7) is 0.374. The Labute approximate surface area is 150 Å². The summed E-state index contributed by atoms with van der Waals surface area (Å²) in [6.07, 6.45) is 2.99. The van der Waals surface area contributed by atoms with Crippen LogP contribution in [0.5, 0.6) is 17.5 Å². The molecule has 1 aromatic carbocycles. The van der Waals surface area contributed by atoms with Crippen molar-refractivity contribution in [2.24, 2.45) is 0 Å². The van der Waals surface area contributed by atoms with Gasteiger partial charge >= 0.3 is 0 Å². The summed E-state index contributed by atoms with van der Waals surface area (Å²) in [4.78, 5) is 7.90. The summed E-state index contributed by atoms with van der Waals surface area (Å²) in [6, 6.07) is 3.56. The van der Waals surface area contributed by atoms with Gasteiger partial charge in [0.05, 0.1) is 25.7 Å². The molecule has 0 amide bonds. The Morgan fingerprint density at radius 1 is 1.15 bits per heavy atom. The van der Waals surface area contributed by atoms with E-state index in [2.05, 4.69) is 9.97 Å². The number of halogens is 1. The zero-order valence-corrected chi connectivity index (χ0v) is 15.1. The lowest BCUT2D eigenvalue weighted by molar-refractivity contribution is 0.194. The molecule has 140 valence electrons. The molecular formula is C16H18FN3O5S. The third-order valence-electron chi connectivity index (χ3n) is 3.97. The highest BCUT2D eigenvalue weighted by molar-refractivity contribution is 7.89. The van der Waals surface area contributed by atoms with E-state index < -0.39 is 21.9 Å². The van der Waals surface area contributed by atoms with Gasteiger partial charge in [-0.05, 0) is 24.6 Å². The number of aromatic nitrogens is 2. The summed E-state index contributed by atoms with van der Waals surface area (Å²) in [5, 5.41) is 0. The number of hydrogen-bond donors (Lipinski definition) is 0. The minimum absolute atomic E-state index is 0.0127. The van der Waals surface area contributed by atoms with Crippen molar-refractivity contribution in [1.82, 2.24) is 14.3 Å². The summed E-state index contributed by atoms with van der Waals surface area (Å²) in [5.41, 5.74) is 0. The smallest absolute Gasteiger partial charge is 0.278 e. The number of ether oxygens (including phenoxy) is 3. The van der Waals surface area contributed by atoms with Gasteiger partial charge in [-0.3, -0.25) is 0 Å². The van der Waals surface area contributed by atoms with Crippen LogP contribution >= 0.6 is 0 Å². The normalized spacial score (nSPS) is 17.9. The van der Waals surface area contributed by atoms with E-state index in [9.17, 15) is 12.8 Å². The van der Waals surface area contributed by atoms with Gasteiger partial charge in [-0.2, -0.15) is 4.31 Å². The van der Waals surface area contributed by atoms with E-state index in [4.69, 9.17) is 14.2 Å². The molecule has 0 bridgehead atoms. The largest absolute Gasteiger partial charge is 0.494 e. The SMILES string of the molecule is COc1ccc(S(=O)(=O)N2CC[C@H](Oc3nccnc3OC)C2)cc1F. The maximum absolute atomic E-state index is 13.9. The van der Waals surface area contributed by atoms with Crippen molar-refractivity contribution in [3.8, 4) is 17.5 Å². The fourth-order valence-electron chi connectivity index (χ4n) is 2.66. The van der Waals surface area contributed by atoms with Gasteiger partial charge < -0.3 is 14.2 Å². The van der Waals surface area contributed by atoms with Crippen LogP contribution < -0.4 is 14.2 Å². The first-order valence-corrected chi connectivity index (χ1v) is 9.25. The van der Waals surface area contributed by atoms with Gasteiger partial charge in [-0.15, -0.1) is 0 Å². The fraction of sp³-hybridized carbons (Fsp3) is 0.375. The predicted molar refractivity (Wildman–Crippen MR) is 89.3 cm³/mol. The molecule has 0 radical (unpaired) electrons. The van der Waals surface area contributed by atoms with Gasteiger partial charge in [0.1, 0.15) is 6.10 Å². The van der Waals surface area contributed by atoms with Gasteiger partial charge in [0.15, 0.2) is 11.6 Å². The van der Waals surface area contributed by atoms with Gasteiger partial charge in [0.2, 0.25) is 10.0 Å². The lowest BCUT2D eigenvalue weighted by atomic mass is 10.3. The average molecular weight is 383 g/mol. The van der Waals surface area contributed by atoms with Crippen LogP contribution in [0.3, 0.4) is 0 Å². The monoisotopic (exact) mass is 383 g/mol. The number of hydrogen-bond acceptors (Lipinski definition) is 7. The van der Waals surface area contributed by atoms with E-state index >= 15 is 0 Å². The molecule has 0 N–H and O–H groups in total. The molecule has 0 spiro atoms. The molecule has 10 heteroatoms. The van der Waals surface area contributed by atoms with Crippen LogP contribution in [0, 0.1) is 5.82 Å². The Bertz CT molecular complexity index is 893. The maximum Gasteiger partial charge on any atom is 0.278 e. The predicted octanol–water partition coefficient (Wildman–Crippen LogP) is 1.47. The quantitative estimate of drug-likeness (QED) is 0.746. The van der Waals surface area contributed by atoms with Crippen molar-refractivity contribution in [2.75, 3.05) is 27.3 Å².